The van der Waals surface area contributed by atoms with E-state index in [0.29, 0.717) is 29.3 Å². The van der Waals surface area contributed by atoms with Crippen molar-refractivity contribution in [1.82, 2.24) is 20.4 Å². The fourth-order valence-electron chi connectivity index (χ4n) is 3.16. The molecule has 2 aliphatic rings. The van der Waals surface area contributed by atoms with E-state index in [1.165, 1.54) is 0 Å². The number of nitrogens with one attached hydrogen (secondary N) is 1. The number of amides is 1. The van der Waals surface area contributed by atoms with Crippen LogP contribution >= 0.6 is 11.6 Å². The van der Waals surface area contributed by atoms with Crippen LogP contribution in [0.5, 0.6) is 0 Å². The lowest BCUT2D eigenvalue weighted by Crippen LogP contribution is -2.40. The van der Waals surface area contributed by atoms with Crippen molar-refractivity contribution in [2.24, 2.45) is 5.92 Å². The molecule has 25 heavy (non-hydrogen) atoms. The van der Waals surface area contributed by atoms with E-state index in [1.807, 2.05) is 24.3 Å². The van der Waals surface area contributed by atoms with E-state index in [0.717, 1.165) is 44.3 Å². The van der Waals surface area contributed by atoms with E-state index in [9.17, 15) is 4.79 Å². The molecule has 1 saturated carbocycles. The number of rotatable bonds is 5. The molecule has 1 aliphatic carbocycles. The summed E-state index contributed by atoms with van der Waals surface area (Å²) in [6.07, 6.45) is 4.04. The molecule has 0 spiro atoms. The Morgan fingerprint density at radius 3 is 2.80 bits per heavy atom. The second kappa shape index (κ2) is 7.14. The number of hydrogen-bond acceptors (Lipinski definition) is 5. The van der Waals surface area contributed by atoms with Gasteiger partial charge in [0.1, 0.15) is 0 Å². The molecule has 0 radical (unpaired) electrons. The maximum atomic E-state index is 12.1. The zero-order valence-electron chi connectivity index (χ0n) is 13.9. The van der Waals surface area contributed by atoms with Crippen LogP contribution in [0.15, 0.2) is 28.8 Å². The van der Waals surface area contributed by atoms with Crippen molar-refractivity contribution in [2.75, 3.05) is 13.1 Å². The van der Waals surface area contributed by atoms with Gasteiger partial charge in [-0.25, -0.2) is 0 Å². The van der Waals surface area contributed by atoms with E-state index in [4.69, 9.17) is 16.1 Å². The standard InChI is InChI=1S/C18H21ClN4O2/c19-14-3-1-2-13(10-14)17-21-16(25-22-17)11-23-8-6-12(7-9-23)18(24)20-15-4-5-15/h1-3,10,12,15H,4-9,11H2,(H,20,24). The number of aromatic nitrogens is 2. The second-order valence-electron chi connectivity index (χ2n) is 6.86. The van der Waals surface area contributed by atoms with Gasteiger partial charge in [0.05, 0.1) is 6.54 Å². The Morgan fingerprint density at radius 1 is 1.28 bits per heavy atom. The molecule has 1 N–H and O–H groups in total. The highest BCUT2D eigenvalue weighted by Crippen LogP contribution is 2.24. The Hall–Kier alpha value is -1.92. The van der Waals surface area contributed by atoms with E-state index in [1.54, 1.807) is 0 Å². The fraction of sp³-hybridized carbons (Fsp3) is 0.500. The first-order chi connectivity index (χ1) is 12.2. The van der Waals surface area contributed by atoms with Crippen molar-refractivity contribution >= 4 is 17.5 Å². The number of carbonyl (C=O) groups excluding carboxylic acids is 1. The first kappa shape index (κ1) is 16.5. The molecule has 1 aromatic heterocycles. The largest absolute Gasteiger partial charge is 0.353 e. The molecule has 1 aliphatic heterocycles. The van der Waals surface area contributed by atoms with Crippen LogP contribution in [0.2, 0.25) is 5.02 Å². The van der Waals surface area contributed by atoms with Crippen molar-refractivity contribution in [2.45, 2.75) is 38.3 Å². The Morgan fingerprint density at radius 2 is 2.08 bits per heavy atom. The average Bonchev–Trinajstić information content (AvgIpc) is 3.30. The molecule has 1 saturated heterocycles. The predicted octanol–water partition coefficient (Wildman–Crippen LogP) is 2.88. The van der Waals surface area contributed by atoms with Crippen LogP contribution in [0.4, 0.5) is 0 Å². The van der Waals surface area contributed by atoms with E-state index in [-0.39, 0.29) is 11.8 Å². The van der Waals surface area contributed by atoms with Crippen molar-refractivity contribution in [3.63, 3.8) is 0 Å². The van der Waals surface area contributed by atoms with Gasteiger partial charge >= 0.3 is 0 Å². The summed E-state index contributed by atoms with van der Waals surface area (Å²) in [4.78, 5) is 18.8. The number of carbonyl (C=O) groups is 1. The van der Waals surface area contributed by atoms with Crippen LogP contribution in [0.25, 0.3) is 11.4 Å². The summed E-state index contributed by atoms with van der Waals surface area (Å²) in [6, 6.07) is 7.85. The first-order valence-electron chi connectivity index (χ1n) is 8.78. The highest BCUT2D eigenvalue weighted by molar-refractivity contribution is 6.30. The van der Waals surface area contributed by atoms with Crippen LogP contribution in [-0.2, 0) is 11.3 Å². The summed E-state index contributed by atoms with van der Waals surface area (Å²) in [7, 11) is 0. The Bertz CT molecular complexity index is 751. The van der Waals surface area contributed by atoms with Gasteiger partial charge in [-0.05, 0) is 50.9 Å². The minimum Gasteiger partial charge on any atom is -0.353 e. The van der Waals surface area contributed by atoms with Gasteiger partial charge in [0.25, 0.3) is 0 Å². The van der Waals surface area contributed by atoms with Gasteiger partial charge in [-0.2, -0.15) is 4.98 Å². The Kier molecular flexibility index (Phi) is 4.72. The topological polar surface area (TPSA) is 71.3 Å². The van der Waals surface area contributed by atoms with Crippen molar-refractivity contribution in [3.05, 3.63) is 35.2 Å². The first-order valence-corrected chi connectivity index (χ1v) is 9.16. The van der Waals surface area contributed by atoms with Crippen LogP contribution < -0.4 is 5.32 Å². The second-order valence-corrected chi connectivity index (χ2v) is 7.29. The van der Waals surface area contributed by atoms with Crippen LogP contribution in [-0.4, -0.2) is 40.1 Å². The number of halogens is 1. The van der Waals surface area contributed by atoms with Gasteiger partial charge in [0.2, 0.25) is 17.6 Å². The maximum absolute atomic E-state index is 12.1. The van der Waals surface area contributed by atoms with Crippen LogP contribution in [0.3, 0.4) is 0 Å². The monoisotopic (exact) mass is 360 g/mol. The van der Waals surface area contributed by atoms with Gasteiger partial charge in [-0.3, -0.25) is 9.69 Å². The summed E-state index contributed by atoms with van der Waals surface area (Å²) in [5, 5.41) is 7.79. The molecule has 1 amide bonds. The molecule has 6 nitrogen and oxygen atoms in total. The summed E-state index contributed by atoms with van der Waals surface area (Å²) in [6.45, 7) is 2.36. The number of piperidine rings is 1. The molecule has 1 aromatic carbocycles. The van der Waals surface area contributed by atoms with Gasteiger partial charge in [-0.1, -0.05) is 28.9 Å². The Balaban J connectivity index is 1.31. The normalized spacial score (nSPS) is 19.1. The van der Waals surface area contributed by atoms with Crippen LogP contribution in [0, 0.1) is 5.92 Å². The highest BCUT2D eigenvalue weighted by atomic mass is 35.5. The molecular formula is C18H21ClN4O2. The third kappa shape index (κ3) is 4.19. The quantitative estimate of drug-likeness (QED) is 0.887. The van der Waals surface area contributed by atoms with E-state index < -0.39 is 0 Å². The average molecular weight is 361 g/mol. The van der Waals surface area contributed by atoms with Crippen molar-refractivity contribution in [3.8, 4) is 11.4 Å². The highest BCUT2D eigenvalue weighted by Gasteiger charge is 2.30. The van der Waals surface area contributed by atoms with E-state index in [2.05, 4.69) is 20.4 Å². The molecule has 2 fully saturated rings. The lowest BCUT2D eigenvalue weighted by Gasteiger charge is -2.30. The molecule has 0 bridgehead atoms. The SMILES string of the molecule is O=C(NC1CC1)C1CCN(Cc2nc(-c3cccc(Cl)c3)no2)CC1. The number of benzene rings is 1. The summed E-state index contributed by atoms with van der Waals surface area (Å²) in [5.41, 5.74) is 0.845. The molecule has 132 valence electrons. The van der Waals surface area contributed by atoms with Crippen molar-refractivity contribution in [1.29, 1.82) is 0 Å². The molecule has 4 rings (SSSR count). The summed E-state index contributed by atoms with van der Waals surface area (Å²) in [5.74, 6) is 1.51. The molecule has 7 heteroatoms. The van der Waals surface area contributed by atoms with Gasteiger partial charge in [-0.15, -0.1) is 0 Å². The summed E-state index contributed by atoms with van der Waals surface area (Å²) < 4.78 is 5.37. The summed E-state index contributed by atoms with van der Waals surface area (Å²) >= 11 is 6.00. The Labute approximate surface area is 151 Å². The predicted molar refractivity (Wildman–Crippen MR) is 93.9 cm³/mol. The maximum Gasteiger partial charge on any atom is 0.241 e. The zero-order valence-corrected chi connectivity index (χ0v) is 14.7. The number of hydrogen-bond donors (Lipinski definition) is 1. The van der Waals surface area contributed by atoms with E-state index >= 15 is 0 Å². The minimum absolute atomic E-state index is 0.140. The van der Waals surface area contributed by atoms with Crippen molar-refractivity contribution < 1.29 is 9.32 Å². The smallest absolute Gasteiger partial charge is 0.241 e. The lowest BCUT2D eigenvalue weighted by atomic mass is 9.96. The molecule has 0 atom stereocenters. The lowest BCUT2D eigenvalue weighted by molar-refractivity contribution is -0.126. The zero-order chi connectivity index (χ0) is 17.2. The third-order valence-electron chi connectivity index (χ3n) is 4.79. The van der Waals surface area contributed by atoms with Crippen LogP contribution in [0.1, 0.15) is 31.6 Å². The number of likely N-dealkylation sites (tertiary alicyclic amines) is 1. The third-order valence-corrected chi connectivity index (χ3v) is 5.03. The minimum atomic E-state index is 0.140. The molecular weight excluding hydrogens is 340 g/mol. The van der Waals surface area contributed by atoms with Gasteiger partial charge in [0.15, 0.2) is 0 Å². The fourth-order valence-corrected chi connectivity index (χ4v) is 3.35. The molecule has 2 heterocycles. The molecule has 2 aromatic rings. The van der Waals surface area contributed by atoms with Gasteiger partial charge < -0.3 is 9.84 Å². The molecule has 0 unspecified atom stereocenters. The van der Waals surface area contributed by atoms with Gasteiger partial charge in [0, 0.05) is 22.5 Å². The number of nitrogens with zero attached hydrogens (tertiary/aromatic N) is 3.